The zero-order chi connectivity index (χ0) is 19.8. The SMILES string of the molecule is CCOC(=O)CCN1CC=C(c2ccc(O[C@H]3CC[C@@H](CC)CC3)cc2)CC1. The fraction of sp³-hybridized carbons (Fsp3) is 0.625. The fourth-order valence-corrected chi connectivity index (χ4v) is 4.26. The highest BCUT2D eigenvalue weighted by Gasteiger charge is 2.21. The van der Waals surface area contributed by atoms with Gasteiger partial charge in [-0.05, 0) is 68.2 Å². The molecule has 4 nitrogen and oxygen atoms in total. The number of ether oxygens (including phenoxy) is 2. The van der Waals surface area contributed by atoms with Gasteiger partial charge in [0.15, 0.2) is 0 Å². The van der Waals surface area contributed by atoms with E-state index in [-0.39, 0.29) is 5.97 Å². The van der Waals surface area contributed by atoms with Crippen LogP contribution in [0, 0.1) is 5.92 Å². The highest BCUT2D eigenvalue weighted by Crippen LogP contribution is 2.30. The van der Waals surface area contributed by atoms with E-state index in [2.05, 4.69) is 42.2 Å². The molecule has 1 fully saturated rings. The molecule has 0 amide bonds. The number of rotatable bonds is 8. The summed E-state index contributed by atoms with van der Waals surface area (Å²) in [5.41, 5.74) is 2.68. The molecule has 0 unspecified atom stereocenters. The molecule has 0 saturated heterocycles. The van der Waals surface area contributed by atoms with Crippen LogP contribution in [0.3, 0.4) is 0 Å². The van der Waals surface area contributed by atoms with Crippen LogP contribution in [0.15, 0.2) is 30.3 Å². The molecular formula is C24H35NO3. The van der Waals surface area contributed by atoms with Gasteiger partial charge in [0.1, 0.15) is 5.75 Å². The maximum absolute atomic E-state index is 11.5. The molecule has 1 aliphatic heterocycles. The van der Waals surface area contributed by atoms with E-state index in [4.69, 9.17) is 9.47 Å². The van der Waals surface area contributed by atoms with Crippen LogP contribution in [0.5, 0.6) is 5.75 Å². The normalized spacial score (nSPS) is 23.1. The van der Waals surface area contributed by atoms with Crippen LogP contribution in [0.1, 0.15) is 64.4 Å². The van der Waals surface area contributed by atoms with E-state index in [0.29, 0.717) is 19.1 Å². The van der Waals surface area contributed by atoms with Crippen molar-refractivity contribution in [1.29, 1.82) is 0 Å². The number of esters is 1. The molecule has 1 aliphatic carbocycles. The highest BCUT2D eigenvalue weighted by molar-refractivity contribution is 5.69. The van der Waals surface area contributed by atoms with Gasteiger partial charge < -0.3 is 9.47 Å². The number of benzene rings is 1. The smallest absolute Gasteiger partial charge is 0.307 e. The zero-order valence-corrected chi connectivity index (χ0v) is 17.5. The first-order chi connectivity index (χ1) is 13.7. The molecule has 0 radical (unpaired) electrons. The Hall–Kier alpha value is -1.81. The third kappa shape index (κ3) is 6.10. The summed E-state index contributed by atoms with van der Waals surface area (Å²) in [4.78, 5) is 13.8. The largest absolute Gasteiger partial charge is 0.490 e. The third-order valence-electron chi connectivity index (χ3n) is 6.13. The molecular weight excluding hydrogens is 350 g/mol. The molecule has 4 heteroatoms. The number of carbonyl (C=O) groups is 1. The topological polar surface area (TPSA) is 38.8 Å². The lowest BCUT2D eigenvalue weighted by molar-refractivity contribution is -0.143. The Morgan fingerprint density at radius 3 is 2.46 bits per heavy atom. The van der Waals surface area contributed by atoms with Crippen LogP contribution in [0.2, 0.25) is 0 Å². The third-order valence-corrected chi connectivity index (χ3v) is 6.13. The molecule has 1 heterocycles. The van der Waals surface area contributed by atoms with Gasteiger partial charge in [-0.3, -0.25) is 9.69 Å². The summed E-state index contributed by atoms with van der Waals surface area (Å²) in [6, 6.07) is 8.62. The van der Waals surface area contributed by atoms with E-state index in [9.17, 15) is 4.79 Å². The van der Waals surface area contributed by atoms with Crippen molar-refractivity contribution in [2.24, 2.45) is 5.92 Å². The Kier molecular flexibility index (Phi) is 7.96. The molecule has 1 saturated carbocycles. The lowest BCUT2D eigenvalue weighted by Crippen LogP contribution is -2.31. The Morgan fingerprint density at radius 1 is 1.11 bits per heavy atom. The second kappa shape index (κ2) is 10.7. The van der Waals surface area contributed by atoms with Crippen LogP contribution in [-0.2, 0) is 9.53 Å². The molecule has 28 heavy (non-hydrogen) atoms. The summed E-state index contributed by atoms with van der Waals surface area (Å²) in [5.74, 6) is 1.80. The first-order valence-corrected chi connectivity index (χ1v) is 11.0. The van der Waals surface area contributed by atoms with Crippen LogP contribution in [0.4, 0.5) is 0 Å². The zero-order valence-electron chi connectivity index (χ0n) is 17.5. The Labute approximate surface area is 169 Å². The molecule has 0 bridgehead atoms. The maximum atomic E-state index is 11.5. The molecule has 2 aliphatic rings. The molecule has 154 valence electrons. The monoisotopic (exact) mass is 385 g/mol. The lowest BCUT2D eigenvalue weighted by Gasteiger charge is -2.28. The van der Waals surface area contributed by atoms with Gasteiger partial charge in [0.25, 0.3) is 0 Å². The van der Waals surface area contributed by atoms with Crippen molar-refractivity contribution in [2.45, 2.75) is 64.9 Å². The predicted octanol–water partition coefficient (Wildman–Crippen LogP) is 5.08. The molecule has 0 spiro atoms. The standard InChI is InChI=1S/C24H35NO3/c1-3-19-5-9-22(10-6-19)28-23-11-7-20(8-12-23)21-13-16-25(17-14-21)18-15-24(26)27-4-2/h7-8,11-13,19,22H,3-6,9-10,14-18H2,1-2H3/t19-,22+. The van der Waals surface area contributed by atoms with Gasteiger partial charge in [-0.15, -0.1) is 0 Å². The minimum atomic E-state index is -0.101. The van der Waals surface area contributed by atoms with Crippen molar-refractivity contribution < 1.29 is 14.3 Å². The average molecular weight is 386 g/mol. The minimum absolute atomic E-state index is 0.101. The quantitative estimate of drug-likeness (QED) is 0.585. The highest BCUT2D eigenvalue weighted by atomic mass is 16.5. The summed E-state index contributed by atoms with van der Waals surface area (Å²) >= 11 is 0. The summed E-state index contributed by atoms with van der Waals surface area (Å²) in [6.07, 6.45) is 10.5. The minimum Gasteiger partial charge on any atom is -0.490 e. The van der Waals surface area contributed by atoms with Gasteiger partial charge in [0.2, 0.25) is 0 Å². The van der Waals surface area contributed by atoms with Crippen molar-refractivity contribution in [3.63, 3.8) is 0 Å². The summed E-state index contributed by atoms with van der Waals surface area (Å²) < 4.78 is 11.2. The van der Waals surface area contributed by atoms with Crippen LogP contribution >= 0.6 is 0 Å². The number of hydrogen-bond donors (Lipinski definition) is 0. The van der Waals surface area contributed by atoms with Crippen molar-refractivity contribution in [2.75, 3.05) is 26.2 Å². The molecule has 3 rings (SSSR count). The van der Waals surface area contributed by atoms with E-state index < -0.39 is 0 Å². The van der Waals surface area contributed by atoms with E-state index in [1.54, 1.807) is 0 Å². The van der Waals surface area contributed by atoms with Crippen LogP contribution in [-0.4, -0.2) is 43.2 Å². The van der Waals surface area contributed by atoms with Crippen molar-refractivity contribution >= 4 is 11.5 Å². The van der Waals surface area contributed by atoms with Gasteiger partial charge >= 0.3 is 5.97 Å². The number of carbonyl (C=O) groups excluding carboxylic acids is 1. The first kappa shape index (κ1) is 20.9. The van der Waals surface area contributed by atoms with Crippen molar-refractivity contribution in [3.05, 3.63) is 35.9 Å². The van der Waals surface area contributed by atoms with E-state index >= 15 is 0 Å². The van der Waals surface area contributed by atoms with Crippen LogP contribution < -0.4 is 4.74 Å². The second-order valence-corrected chi connectivity index (χ2v) is 8.03. The maximum Gasteiger partial charge on any atom is 0.307 e. The molecule has 0 N–H and O–H groups in total. The second-order valence-electron chi connectivity index (χ2n) is 8.03. The van der Waals surface area contributed by atoms with Gasteiger partial charge in [0, 0.05) is 19.6 Å². The van der Waals surface area contributed by atoms with Gasteiger partial charge in [-0.2, -0.15) is 0 Å². The predicted molar refractivity (Wildman–Crippen MR) is 113 cm³/mol. The molecule has 0 aromatic heterocycles. The van der Waals surface area contributed by atoms with Gasteiger partial charge in [0.05, 0.1) is 19.1 Å². The van der Waals surface area contributed by atoms with Crippen molar-refractivity contribution in [1.82, 2.24) is 4.90 Å². The van der Waals surface area contributed by atoms with Crippen LogP contribution in [0.25, 0.3) is 5.57 Å². The fourth-order valence-electron chi connectivity index (χ4n) is 4.26. The van der Waals surface area contributed by atoms with Gasteiger partial charge in [-0.1, -0.05) is 31.6 Å². The van der Waals surface area contributed by atoms with E-state index in [1.165, 1.54) is 43.2 Å². The first-order valence-electron chi connectivity index (χ1n) is 11.0. The summed E-state index contributed by atoms with van der Waals surface area (Å²) in [5, 5.41) is 0. The Bertz CT molecular complexity index is 644. The molecule has 0 atom stereocenters. The number of hydrogen-bond acceptors (Lipinski definition) is 4. The van der Waals surface area contributed by atoms with E-state index in [1.807, 2.05) is 6.92 Å². The average Bonchev–Trinajstić information content (AvgIpc) is 2.74. The summed E-state index contributed by atoms with van der Waals surface area (Å²) in [7, 11) is 0. The Balaban J connectivity index is 1.45. The molecule has 1 aromatic rings. The molecule has 1 aromatic carbocycles. The van der Waals surface area contributed by atoms with Gasteiger partial charge in [-0.25, -0.2) is 0 Å². The Morgan fingerprint density at radius 2 is 1.86 bits per heavy atom. The number of nitrogens with zero attached hydrogens (tertiary/aromatic N) is 1. The van der Waals surface area contributed by atoms with Crippen molar-refractivity contribution in [3.8, 4) is 5.75 Å². The van der Waals surface area contributed by atoms with E-state index in [0.717, 1.165) is 37.7 Å². The lowest BCUT2D eigenvalue weighted by atomic mass is 9.86. The summed E-state index contributed by atoms with van der Waals surface area (Å²) in [6.45, 7) is 7.27.